The molecule has 10 nitrogen and oxygen atoms in total. The number of nitrogens with two attached hydrogens (primary N) is 1. The van der Waals surface area contributed by atoms with Crippen molar-refractivity contribution in [3.63, 3.8) is 0 Å². The van der Waals surface area contributed by atoms with Crippen molar-refractivity contribution in [1.82, 2.24) is 20.3 Å². The zero-order chi connectivity index (χ0) is 30.8. The largest absolute Gasteiger partial charge is 0.381 e. The van der Waals surface area contributed by atoms with Gasteiger partial charge in [0.2, 0.25) is 23.8 Å². The Kier molecular flexibility index (Phi) is 14.1. The molecule has 1 aliphatic carbocycles. The Balaban J connectivity index is 1.27. The predicted octanol–water partition coefficient (Wildman–Crippen LogP) is 5.55. The molecule has 1 amide bonds. The molecule has 0 saturated heterocycles. The van der Waals surface area contributed by atoms with E-state index in [9.17, 15) is 9.18 Å². The maximum atomic E-state index is 13.3. The van der Waals surface area contributed by atoms with Crippen LogP contribution in [0.15, 0.2) is 48.5 Å². The van der Waals surface area contributed by atoms with Crippen LogP contribution in [-0.2, 0) is 22.5 Å². The van der Waals surface area contributed by atoms with Crippen molar-refractivity contribution in [2.45, 2.75) is 70.8 Å². The first-order valence-corrected chi connectivity index (χ1v) is 16.0. The number of benzene rings is 2. The van der Waals surface area contributed by atoms with Gasteiger partial charge in [0.25, 0.3) is 0 Å². The molecule has 2 aromatic carbocycles. The van der Waals surface area contributed by atoms with Gasteiger partial charge in [-0.25, -0.2) is 4.39 Å². The van der Waals surface area contributed by atoms with Gasteiger partial charge in [-0.1, -0.05) is 43.5 Å². The monoisotopic (exact) mass is 606 g/mol. The molecule has 1 aliphatic rings. The number of nitrogens with one attached hydrogen (secondary N) is 4. The van der Waals surface area contributed by atoms with Crippen LogP contribution in [0.1, 0.15) is 68.9 Å². The number of hydrogen-bond donors (Lipinski definition) is 5. The molecule has 1 aromatic heterocycles. The van der Waals surface area contributed by atoms with Crippen LogP contribution >= 0.6 is 0 Å². The van der Waals surface area contributed by atoms with Gasteiger partial charge in [0.05, 0.1) is 6.42 Å². The van der Waals surface area contributed by atoms with Crippen LogP contribution in [-0.4, -0.2) is 53.7 Å². The minimum absolute atomic E-state index is 0.0170. The molecule has 238 valence electrons. The van der Waals surface area contributed by atoms with Crippen LogP contribution in [0.3, 0.4) is 0 Å². The Labute approximate surface area is 260 Å². The number of rotatable bonds is 19. The highest BCUT2D eigenvalue weighted by molar-refractivity contribution is 5.78. The lowest BCUT2D eigenvalue weighted by Crippen LogP contribution is -2.26. The topological polar surface area (TPSA) is 139 Å². The first-order valence-electron chi connectivity index (χ1n) is 16.0. The molecule has 0 bridgehead atoms. The van der Waals surface area contributed by atoms with Crippen LogP contribution < -0.4 is 27.0 Å². The average molecular weight is 607 g/mol. The first-order chi connectivity index (χ1) is 21.6. The van der Waals surface area contributed by atoms with Gasteiger partial charge >= 0.3 is 0 Å². The van der Waals surface area contributed by atoms with Crippen LogP contribution in [0.5, 0.6) is 0 Å². The molecular formula is C33H47FN8O2. The number of amides is 1. The highest BCUT2D eigenvalue weighted by Gasteiger charge is 2.15. The number of carbonyl (C=O) groups excluding carboxylic acids is 1. The molecule has 0 atom stereocenters. The van der Waals surface area contributed by atoms with Crippen molar-refractivity contribution >= 4 is 29.4 Å². The van der Waals surface area contributed by atoms with Crippen molar-refractivity contribution in [3.8, 4) is 0 Å². The Bertz CT molecular complexity index is 1250. The standard InChI is InChI=1S/C33H47FN8O2/c34-28-14-10-27(11-15-28)24-38-32-40-31(37-23-26-8-3-1-4-9-26)41-33(42-32)39-29-16-12-25(13-17-29)22-30(43)36-19-7-21-44-20-6-2-5-18-35/h10-17,26H,1-9,18-24,35H2,(H,36,43)(H3,37,38,39,40,41,42). The average Bonchev–Trinajstić information content (AvgIpc) is 3.04. The number of anilines is 4. The van der Waals surface area contributed by atoms with Crippen molar-refractivity contribution in [1.29, 1.82) is 0 Å². The van der Waals surface area contributed by atoms with E-state index in [0.717, 1.165) is 62.2 Å². The summed E-state index contributed by atoms with van der Waals surface area (Å²) in [5.74, 6) is 1.65. The van der Waals surface area contributed by atoms with E-state index in [4.69, 9.17) is 10.5 Å². The molecular weight excluding hydrogens is 559 g/mol. The zero-order valence-electron chi connectivity index (χ0n) is 25.6. The summed E-state index contributed by atoms with van der Waals surface area (Å²) >= 11 is 0. The van der Waals surface area contributed by atoms with Gasteiger partial charge in [0.1, 0.15) is 5.82 Å². The van der Waals surface area contributed by atoms with Crippen LogP contribution in [0.25, 0.3) is 0 Å². The Morgan fingerprint density at radius 3 is 2.25 bits per heavy atom. The molecule has 1 heterocycles. The molecule has 3 aromatic rings. The third kappa shape index (κ3) is 12.4. The molecule has 0 aliphatic heterocycles. The maximum absolute atomic E-state index is 13.3. The number of halogens is 1. The second-order valence-corrected chi connectivity index (χ2v) is 11.3. The van der Waals surface area contributed by atoms with E-state index >= 15 is 0 Å². The normalized spacial score (nSPS) is 13.4. The summed E-state index contributed by atoms with van der Waals surface area (Å²) in [6.45, 7) is 3.97. The number of hydrogen-bond acceptors (Lipinski definition) is 9. The van der Waals surface area contributed by atoms with Crippen molar-refractivity contribution < 1.29 is 13.9 Å². The molecule has 0 spiro atoms. The van der Waals surface area contributed by atoms with Gasteiger partial charge < -0.3 is 31.7 Å². The van der Waals surface area contributed by atoms with Crippen LogP contribution in [0.2, 0.25) is 0 Å². The summed E-state index contributed by atoms with van der Waals surface area (Å²) in [6.07, 6.45) is 10.5. The second-order valence-electron chi connectivity index (χ2n) is 11.3. The maximum Gasteiger partial charge on any atom is 0.233 e. The number of unbranched alkanes of at least 4 members (excludes halogenated alkanes) is 2. The van der Waals surface area contributed by atoms with Crippen molar-refractivity contribution in [3.05, 3.63) is 65.5 Å². The summed E-state index contributed by atoms with van der Waals surface area (Å²) < 4.78 is 18.9. The fourth-order valence-corrected chi connectivity index (χ4v) is 5.11. The molecule has 0 unspecified atom stereocenters. The molecule has 4 rings (SSSR count). The lowest BCUT2D eigenvalue weighted by Gasteiger charge is -2.21. The number of ether oxygens (including phenoxy) is 1. The third-order valence-corrected chi connectivity index (χ3v) is 7.63. The number of nitrogens with zero attached hydrogens (tertiary/aromatic N) is 3. The highest BCUT2D eigenvalue weighted by Crippen LogP contribution is 2.24. The Morgan fingerprint density at radius 1 is 0.818 bits per heavy atom. The van der Waals surface area contributed by atoms with Gasteiger partial charge in [0, 0.05) is 38.5 Å². The van der Waals surface area contributed by atoms with Crippen LogP contribution in [0, 0.1) is 11.7 Å². The van der Waals surface area contributed by atoms with E-state index in [1.165, 1.54) is 44.2 Å². The lowest BCUT2D eigenvalue weighted by atomic mass is 9.89. The molecule has 1 fully saturated rings. The predicted molar refractivity (Wildman–Crippen MR) is 173 cm³/mol. The van der Waals surface area contributed by atoms with E-state index in [1.54, 1.807) is 12.1 Å². The van der Waals surface area contributed by atoms with Crippen LogP contribution in [0.4, 0.5) is 27.9 Å². The van der Waals surface area contributed by atoms with Gasteiger partial charge in [-0.2, -0.15) is 15.0 Å². The Morgan fingerprint density at radius 2 is 1.50 bits per heavy atom. The van der Waals surface area contributed by atoms with E-state index in [2.05, 4.69) is 36.2 Å². The van der Waals surface area contributed by atoms with E-state index in [-0.39, 0.29) is 11.7 Å². The summed E-state index contributed by atoms with van der Waals surface area (Å²) in [6, 6.07) is 14.0. The number of carbonyl (C=O) groups is 1. The summed E-state index contributed by atoms with van der Waals surface area (Å²) in [5.41, 5.74) is 8.12. The number of aromatic nitrogens is 3. The smallest absolute Gasteiger partial charge is 0.233 e. The third-order valence-electron chi connectivity index (χ3n) is 7.63. The van der Waals surface area contributed by atoms with E-state index < -0.39 is 0 Å². The van der Waals surface area contributed by atoms with E-state index in [1.807, 2.05) is 24.3 Å². The molecule has 44 heavy (non-hydrogen) atoms. The summed E-state index contributed by atoms with van der Waals surface area (Å²) in [4.78, 5) is 26.1. The van der Waals surface area contributed by atoms with Gasteiger partial charge in [-0.05, 0) is 86.4 Å². The fraction of sp³-hybridized carbons (Fsp3) is 0.515. The molecule has 0 radical (unpaired) electrons. The summed E-state index contributed by atoms with van der Waals surface area (Å²) in [7, 11) is 0. The Hall–Kier alpha value is -3.83. The van der Waals surface area contributed by atoms with Crippen molar-refractivity contribution in [2.75, 3.05) is 48.8 Å². The first kappa shape index (κ1) is 33.1. The minimum atomic E-state index is -0.271. The van der Waals surface area contributed by atoms with Gasteiger partial charge in [-0.3, -0.25) is 4.79 Å². The van der Waals surface area contributed by atoms with Gasteiger partial charge in [0.15, 0.2) is 0 Å². The summed E-state index contributed by atoms with van der Waals surface area (Å²) in [5, 5.41) is 12.9. The highest BCUT2D eigenvalue weighted by atomic mass is 19.1. The lowest BCUT2D eigenvalue weighted by molar-refractivity contribution is -0.120. The molecule has 11 heteroatoms. The zero-order valence-corrected chi connectivity index (χ0v) is 25.6. The van der Waals surface area contributed by atoms with Gasteiger partial charge in [-0.15, -0.1) is 0 Å². The second kappa shape index (κ2) is 18.7. The SMILES string of the molecule is NCCCCCOCCCNC(=O)Cc1ccc(Nc2nc(NCc3ccc(F)cc3)nc(NCC3CCCCC3)n2)cc1. The quantitative estimate of drug-likeness (QED) is 0.111. The van der Waals surface area contributed by atoms with Crippen molar-refractivity contribution in [2.24, 2.45) is 11.7 Å². The molecule has 6 N–H and O–H groups in total. The fourth-order valence-electron chi connectivity index (χ4n) is 5.11. The minimum Gasteiger partial charge on any atom is -0.381 e. The molecule has 1 saturated carbocycles. The van der Waals surface area contributed by atoms with E-state index in [0.29, 0.717) is 49.9 Å².